The van der Waals surface area contributed by atoms with Gasteiger partial charge in [-0.15, -0.1) is 5.10 Å². The van der Waals surface area contributed by atoms with E-state index in [0.29, 0.717) is 10.7 Å². The van der Waals surface area contributed by atoms with E-state index in [1.54, 1.807) is 24.4 Å². The predicted molar refractivity (Wildman–Crippen MR) is 88.3 cm³/mol. The van der Waals surface area contributed by atoms with E-state index in [1.807, 2.05) is 41.8 Å². The van der Waals surface area contributed by atoms with Gasteiger partial charge in [-0.2, -0.15) is 0 Å². The van der Waals surface area contributed by atoms with Crippen LogP contribution >= 0.6 is 11.8 Å². The Bertz CT molecular complexity index is 723. The number of phenolic OH excluding ortho intramolecular Hbond substituents is 1. The number of rotatable bonds is 2. The van der Waals surface area contributed by atoms with Crippen LogP contribution in [0.4, 0.5) is 0 Å². The molecule has 3 rings (SSSR count). The van der Waals surface area contributed by atoms with Crippen molar-refractivity contribution in [2.75, 3.05) is 0 Å². The lowest BCUT2D eigenvalue weighted by Gasteiger charge is -2.11. The number of para-hydroxylation sites is 1. The molecule has 1 aliphatic rings. The molecule has 0 aromatic heterocycles. The number of amidine groups is 1. The summed E-state index contributed by atoms with van der Waals surface area (Å²) in [5.41, 5.74) is 5.68. The number of hydrogen-bond acceptors (Lipinski definition) is 5. The van der Waals surface area contributed by atoms with Crippen LogP contribution in [0.15, 0.2) is 70.1 Å². The smallest absolute Gasteiger partial charge is 0.210 e. The van der Waals surface area contributed by atoms with E-state index in [1.165, 1.54) is 11.8 Å². The standard InChI is InChI=1S/C16H13N3OS/c20-15-9-5-4-8-13(15)10-17-16-19-18-14(11-21-16)12-6-2-1-3-7-12/h1-11,18,20H. The molecule has 2 aromatic carbocycles. The van der Waals surface area contributed by atoms with Crippen molar-refractivity contribution < 1.29 is 5.11 Å². The van der Waals surface area contributed by atoms with Crippen LogP contribution in [0.2, 0.25) is 0 Å². The Balaban J connectivity index is 1.68. The Kier molecular flexibility index (Phi) is 4.02. The van der Waals surface area contributed by atoms with Crippen molar-refractivity contribution in [3.63, 3.8) is 0 Å². The highest BCUT2D eigenvalue weighted by molar-refractivity contribution is 8.16. The molecule has 2 aromatic rings. The van der Waals surface area contributed by atoms with Crippen LogP contribution in [0.1, 0.15) is 11.1 Å². The molecule has 0 fully saturated rings. The van der Waals surface area contributed by atoms with Crippen LogP contribution in [0.25, 0.3) is 5.70 Å². The first kappa shape index (κ1) is 13.5. The summed E-state index contributed by atoms with van der Waals surface area (Å²) in [4.78, 5) is 4.26. The van der Waals surface area contributed by atoms with E-state index in [0.717, 1.165) is 11.3 Å². The zero-order valence-electron chi connectivity index (χ0n) is 11.1. The molecular formula is C16H13N3OS. The van der Waals surface area contributed by atoms with Crippen LogP contribution in [-0.4, -0.2) is 16.5 Å². The van der Waals surface area contributed by atoms with Gasteiger partial charge in [-0.1, -0.05) is 54.2 Å². The highest BCUT2D eigenvalue weighted by Crippen LogP contribution is 2.22. The lowest BCUT2D eigenvalue weighted by atomic mass is 10.2. The highest BCUT2D eigenvalue weighted by atomic mass is 32.2. The molecule has 104 valence electrons. The van der Waals surface area contributed by atoms with Crippen molar-refractivity contribution in [2.45, 2.75) is 0 Å². The average Bonchev–Trinajstić information content (AvgIpc) is 2.55. The average molecular weight is 295 g/mol. The van der Waals surface area contributed by atoms with Crippen LogP contribution in [0.3, 0.4) is 0 Å². The Labute approximate surface area is 126 Å². The summed E-state index contributed by atoms with van der Waals surface area (Å²) in [6.45, 7) is 0. The number of thioether (sulfide) groups is 1. The maximum absolute atomic E-state index is 9.67. The summed E-state index contributed by atoms with van der Waals surface area (Å²) in [6.07, 6.45) is 1.60. The second-order valence-corrected chi connectivity index (χ2v) is 5.18. The highest BCUT2D eigenvalue weighted by Gasteiger charge is 2.07. The molecule has 0 spiro atoms. The van der Waals surface area contributed by atoms with Gasteiger partial charge in [-0.3, -0.25) is 5.43 Å². The Morgan fingerprint density at radius 3 is 2.52 bits per heavy atom. The minimum absolute atomic E-state index is 0.205. The summed E-state index contributed by atoms with van der Waals surface area (Å²) in [6, 6.07) is 17.0. The zero-order chi connectivity index (χ0) is 14.5. The molecule has 4 nitrogen and oxygen atoms in total. The van der Waals surface area contributed by atoms with Gasteiger partial charge in [0, 0.05) is 22.7 Å². The molecule has 0 radical (unpaired) electrons. The van der Waals surface area contributed by atoms with Gasteiger partial charge in [-0.25, -0.2) is 4.99 Å². The molecule has 0 amide bonds. The van der Waals surface area contributed by atoms with Crippen LogP contribution in [0, 0.1) is 0 Å². The Morgan fingerprint density at radius 2 is 1.81 bits per heavy atom. The van der Waals surface area contributed by atoms with E-state index in [9.17, 15) is 5.11 Å². The number of aromatic hydroxyl groups is 1. The molecule has 0 atom stereocenters. The molecule has 5 heteroatoms. The first-order chi connectivity index (χ1) is 10.3. The Hall–Kier alpha value is -2.53. The van der Waals surface area contributed by atoms with Crippen LogP contribution in [-0.2, 0) is 0 Å². The normalized spacial score (nSPS) is 14.5. The first-order valence-corrected chi connectivity index (χ1v) is 7.29. The third-order valence-corrected chi connectivity index (χ3v) is 3.65. The lowest BCUT2D eigenvalue weighted by molar-refractivity contribution is 0.474. The molecular weight excluding hydrogens is 282 g/mol. The van der Waals surface area contributed by atoms with Gasteiger partial charge in [0.2, 0.25) is 5.17 Å². The van der Waals surface area contributed by atoms with E-state index >= 15 is 0 Å². The predicted octanol–water partition coefficient (Wildman–Crippen LogP) is 3.42. The lowest BCUT2D eigenvalue weighted by Crippen LogP contribution is -2.10. The van der Waals surface area contributed by atoms with Gasteiger partial charge in [-0.05, 0) is 12.1 Å². The fraction of sp³-hybridized carbons (Fsp3) is 0. The van der Waals surface area contributed by atoms with E-state index < -0.39 is 0 Å². The largest absolute Gasteiger partial charge is 0.507 e. The summed E-state index contributed by atoms with van der Waals surface area (Å²) >= 11 is 1.44. The fourth-order valence-corrected chi connectivity index (χ4v) is 2.43. The fourth-order valence-electron chi connectivity index (χ4n) is 1.80. The molecule has 0 saturated heterocycles. The molecule has 1 aliphatic heterocycles. The van der Waals surface area contributed by atoms with Crippen molar-refractivity contribution >= 4 is 28.8 Å². The summed E-state index contributed by atoms with van der Waals surface area (Å²) in [7, 11) is 0. The van der Waals surface area contributed by atoms with Crippen LogP contribution < -0.4 is 5.43 Å². The second kappa shape index (κ2) is 6.28. The summed E-state index contributed by atoms with van der Waals surface area (Å²) in [5.74, 6) is 0.205. The van der Waals surface area contributed by atoms with Crippen molar-refractivity contribution in [2.24, 2.45) is 10.1 Å². The first-order valence-electron chi connectivity index (χ1n) is 6.41. The van der Waals surface area contributed by atoms with E-state index in [4.69, 9.17) is 0 Å². The van der Waals surface area contributed by atoms with Gasteiger partial charge >= 0.3 is 0 Å². The molecule has 21 heavy (non-hydrogen) atoms. The molecule has 0 saturated carbocycles. The third-order valence-electron chi connectivity index (χ3n) is 2.89. The second-order valence-electron chi connectivity index (χ2n) is 4.34. The number of hydrazone groups is 1. The minimum Gasteiger partial charge on any atom is -0.507 e. The van der Waals surface area contributed by atoms with Gasteiger partial charge in [0.15, 0.2) is 0 Å². The maximum Gasteiger partial charge on any atom is 0.210 e. The number of hydrogen-bond donors (Lipinski definition) is 2. The zero-order valence-corrected chi connectivity index (χ0v) is 11.9. The van der Waals surface area contributed by atoms with Gasteiger partial charge in [0.05, 0.1) is 5.70 Å². The van der Waals surface area contributed by atoms with Gasteiger partial charge in [0.1, 0.15) is 5.75 Å². The SMILES string of the molecule is Oc1ccccc1C=NC1=NNC(c2ccccc2)=CS1. The molecule has 0 unspecified atom stereocenters. The summed E-state index contributed by atoms with van der Waals surface area (Å²) < 4.78 is 0. The monoisotopic (exact) mass is 295 g/mol. The molecule has 0 bridgehead atoms. The van der Waals surface area contributed by atoms with Crippen molar-refractivity contribution in [3.8, 4) is 5.75 Å². The molecule has 2 N–H and O–H groups in total. The van der Waals surface area contributed by atoms with Crippen molar-refractivity contribution in [1.82, 2.24) is 5.43 Å². The topological polar surface area (TPSA) is 57.0 Å². The van der Waals surface area contributed by atoms with Crippen molar-refractivity contribution in [3.05, 3.63) is 71.1 Å². The van der Waals surface area contributed by atoms with Crippen LogP contribution in [0.5, 0.6) is 5.75 Å². The van der Waals surface area contributed by atoms with Gasteiger partial charge < -0.3 is 5.11 Å². The summed E-state index contributed by atoms with van der Waals surface area (Å²) in [5, 5.41) is 16.4. The number of aliphatic imine (C=N–C) groups is 1. The van der Waals surface area contributed by atoms with Gasteiger partial charge in [0.25, 0.3) is 0 Å². The number of phenols is 1. The number of nitrogens with one attached hydrogen (secondary N) is 1. The third kappa shape index (κ3) is 3.32. The maximum atomic E-state index is 9.67. The molecule has 1 heterocycles. The quantitative estimate of drug-likeness (QED) is 0.835. The minimum atomic E-state index is 0.205. The van der Waals surface area contributed by atoms with E-state index in [-0.39, 0.29) is 5.75 Å². The van der Waals surface area contributed by atoms with E-state index in [2.05, 4.69) is 15.5 Å². The molecule has 0 aliphatic carbocycles. The van der Waals surface area contributed by atoms with Crippen molar-refractivity contribution in [1.29, 1.82) is 0 Å². The Morgan fingerprint density at radius 1 is 1.05 bits per heavy atom. The number of nitrogens with zero attached hydrogens (tertiary/aromatic N) is 2. The number of benzene rings is 2.